The predicted molar refractivity (Wildman–Crippen MR) is 94.4 cm³/mol. The van der Waals surface area contributed by atoms with Gasteiger partial charge in [-0.05, 0) is 30.5 Å². The largest absolute Gasteiger partial charge is 0.323 e. The number of carbonyl (C=O) groups is 1. The van der Waals surface area contributed by atoms with Crippen LogP contribution in [0.25, 0.3) is 0 Å². The lowest BCUT2D eigenvalue weighted by molar-refractivity contribution is -0.118. The van der Waals surface area contributed by atoms with Gasteiger partial charge in [-0.2, -0.15) is 0 Å². The molecule has 2 aromatic rings. The van der Waals surface area contributed by atoms with Crippen molar-refractivity contribution in [2.75, 3.05) is 5.32 Å². The maximum Gasteiger partial charge on any atom is 0.235 e. The molecule has 3 rings (SSSR count). The molecule has 0 aliphatic heterocycles. The van der Waals surface area contributed by atoms with Crippen molar-refractivity contribution in [1.29, 1.82) is 0 Å². The molecule has 1 aliphatic carbocycles. The Morgan fingerprint density at radius 1 is 1.13 bits per heavy atom. The zero-order valence-corrected chi connectivity index (χ0v) is 15.1. The molecule has 1 amide bonds. The van der Waals surface area contributed by atoms with E-state index in [-0.39, 0.29) is 11.3 Å². The second kappa shape index (κ2) is 5.71. The van der Waals surface area contributed by atoms with Crippen molar-refractivity contribution in [3.63, 3.8) is 0 Å². The van der Waals surface area contributed by atoms with Crippen LogP contribution in [0.4, 0.5) is 5.69 Å². The Morgan fingerprint density at radius 2 is 1.70 bits per heavy atom. The molecule has 0 atom stereocenters. The summed E-state index contributed by atoms with van der Waals surface area (Å²) in [4.78, 5) is 21.4. The maximum atomic E-state index is 12.7. The zero-order chi connectivity index (χ0) is 16.7. The van der Waals surface area contributed by atoms with E-state index < -0.39 is 5.41 Å². The first-order valence-electron chi connectivity index (χ1n) is 7.71. The van der Waals surface area contributed by atoms with Crippen LogP contribution >= 0.6 is 15.9 Å². The second-order valence-electron chi connectivity index (χ2n) is 7.09. The molecule has 1 aromatic carbocycles. The number of nitrogens with zero attached hydrogens (tertiary/aromatic N) is 2. The van der Waals surface area contributed by atoms with Crippen LogP contribution in [0.2, 0.25) is 0 Å². The molecule has 0 saturated heterocycles. The molecule has 1 aliphatic rings. The van der Waals surface area contributed by atoms with Crippen LogP contribution in [-0.4, -0.2) is 15.9 Å². The summed E-state index contributed by atoms with van der Waals surface area (Å²) in [6.07, 6.45) is 5.12. The number of halogens is 1. The number of hydrogen-bond donors (Lipinski definition) is 1. The molecule has 1 aromatic heterocycles. The number of aromatic nitrogens is 2. The van der Waals surface area contributed by atoms with Crippen LogP contribution in [0.3, 0.4) is 0 Å². The molecule has 23 heavy (non-hydrogen) atoms. The van der Waals surface area contributed by atoms with E-state index in [2.05, 4.69) is 52.0 Å². The van der Waals surface area contributed by atoms with Crippen LogP contribution in [0.1, 0.15) is 45.0 Å². The Morgan fingerprint density at radius 3 is 2.17 bits per heavy atom. The van der Waals surface area contributed by atoms with Gasteiger partial charge in [-0.3, -0.25) is 4.79 Å². The van der Waals surface area contributed by atoms with E-state index in [9.17, 15) is 4.79 Å². The van der Waals surface area contributed by atoms with Crippen molar-refractivity contribution < 1.29 is 4.79 Å². The summed E-state index contributed by atoms with van der Waals surface area (Å²) in [5, 5.41) is 2.96. The number of anilines is 1. The van der Waals surface area contributed by atoms with E-state index in [1.54, 1.807) is 12.4 Å². The minimum Gasteiger partial charge on any atom is -0.323 e. The molecule has 0 radical (unpaired) electrons. The minimum atomic E-state index is -0.399. The molecule has 0 unspecified atom stereocenters. The maximum absolute atomic E-state index is 12.7. The summed E-state index contributed by atoms with van der Waals surface area (Å²) in [6, 6.07) is 7.97. The predicted octanol–water partition coefficient (Wildman–Crippen LogP) is 4.21. The Labute approximate surface area is 144 Å². The molecule has 1 heterocycles. The lowest BCUT2D eigenvalue weighted by Gasteiger charge is -2.18. The van der Waals surface area contributed by atoms with Crippen molar-refractivity contribution in [3.05, 3.63) is 52.5 Å². The van der Waals surface area contributed by atoms with Crippen LogP contribution in [0.15, 0.2) is 41.1 Å². The summed E-state index contributed by atoms with van der Waals surface area (Å²) in [6.45, 7) is 6.19. The lowest BCUT2D eigenvalue weighted by Crippen LogP contribution is -2.28. The van der Waals surface area contributed by atoms with Crippen LogP contribution in [0, 0.1) is 0 Å². The molecule has 1 fully saturated rings. The third-order valence-electron chi connectivity index (χ3n) is 4.16. The molecule has 1 N–H and O–H groups in total. The van der Waals surface area contributed by atoms with Gasteiger partial charge >= 0.3 is 0 Å². The number of benzene rings is 1. The molecule has 0 spiro atoms. The van der Waals surface area contributed by atoms with Gasteiger partial charge in [-0.1, -0.05) is 48.8 Å². The number of carbonyl (C=O) groups excluding carboxylic acids is 1. The fourth-order valence-electron chi connectivity index (χ4n) is 2.57. The monoisotopic (exact) mass is 373 g/mol. The smallest absolute Gasteiger partial charge is 0.235 e. The fourth-order valence-corrected chi connectivity index (χ4v) is 2.84. The van der Waals surface area contributed by atoms with Gasteiger partial charge in [-0.25, -0.2) is 9.97 Å². The van der Waals surface area contributed by atoms with Gasteiger partial charge in [0.2, 0.25) is 5.91 Å². The number of hydrogen-bond acceptors (Lipinski definition) is 3. The van der Waals surface area contributed by atoms with Gasteiger partial charge in [0.15, 0.2) is 0 Å². The van der Waals surface area contributed by atoms with Gasteiger partial charge in [0.25, 0.3) is 0 Å². The van der Waals surface area contributed by atoms with Crippen molar-refractivity contribution in [1.82, 2.24) is 9.97 Å². The summed E-state index contributed by atoms with van der Waals surface area (Å²) >= 11 is 3.43. The number of nitrogens with one attached hydrogen (secondary N) is 1. The Kier molecular flexibility index (Phi) is 4.00. The average Bonchev–Trinajstić information content (AvgIpc) is 3.29. The van der Waals surface area contributed by atoms with E-state index in [4.69, 9.17) is 0 Å². The van der Waals surface area contributed by atoms with Crippen LogP contribution in [-0.2, 0) is 15.6 Å². The van der Waals surface area contributed by atoms with Crippen LogP contribution in [0.5, 0.6) is 0 Å². The molecule has 0 bridgehead atoms. The van der Waals surface area contributed by atoms with Crippen molar-refractivity contribution in [2.45, 2.75) is 44.4 Å². The normalized spacial score (nSPS) is 16.0. The highest BCUT2D eigenvalue weighted by atomic mass is 79.9. The highest BCUT2D eigenvalue weighted by Crippen LogP contribution is 2.49. The summed E-state index contributed by atoms with van der Waals surface area (Å²) in [5.74, 6) is 0.788. The quantitative estimate of drug-likeness (QED) is 0.876. The topological polar surface area (TPSA) is 54.9 Å². The van der Waals surface area contributed by atoms with Crippen molar-refractivity contribution >= 4 is 27.5 Å². The number of rotatable bonds is 3. The van der Waals surface area contributed by atoms with E-state index in [1.807, 2.05) is 24.3 Å². The summed E-state index contributed by atoms with van der Waals surface area (Å²) in [7, 11) is 0. The van der Waals surface area contributed by atoms with Gasteiger partial charge in [-0.15, -0.1) is 0 Å². The Bertz CT molecular complexity index is 713. The Hall–Kier alpha value is -1.75. The average molecular weight is 374 g/mol. The molecule has 1 saturated carbocycles. The second-order valence-corrected chi connectivity index (χ2v) is 8.00. The molecule has 5 heteroatoms. The fraction of sp³-hybridized carbons (Fsp3) is 0.389. The van der Waals surface area contributed by atoms with Gasteiger partial charge in [0.05, 0.1) is 23.5 Å². The third kappa shape index (κ3) is 3.29. The van der Waals surface area contributed by atoms with E-state index >= 15 is 0 Å². The third-order valence-corrected chi connectivity index (χ3v) is 4.69. The standard InChI is InChI=1S/C18H20BrN3O/c1-17(2,3)15-20-10-14(11-21-15)22-16(23)18(8-9-18)12-4-6-13(19)7-5-12/h4-7,10-11H,8-9H2,1-3H3,(H,22,23). The first kappa shape index (κ1) is 16.1. The van der Waals surface area contributed by atoms with Crippen LogP contribution < -0.4 is 5.32 Å². The molecular weight excluding hydrogens is 354 g/mol. The SMILES string of the molecule is CC(C)(C)c1ncc(NC(=O)C2(c3ccc(Br)cc3)CC2)cn1. The molecule has 120 valence electrons. The minimum absolute atomic E-state index is 0.0203. The highest BCUT2D eigenvalue weighted by molar-refractivity contribution is 9.10. The Balaban J connectivity index is 1.75. The van der Waals surface area contributed by atoms with Gasteiger partial charge in [0, 0.05) is 9.89 Å². The number of amides is 1. The first-order valence-corrected chi connectivity index (χ1v) is 8.51. The van der Waals surface area contributed by atoms with E-state index in [1.165, 1.54) is 0 Å². The van der Waals surface area contributed by atoms with E-state index in [0.29, 0.717) is 5.69 Å². The van der Waals surface area contributed by atoms with Gasteiger partial charge < -0.3 is 5.32 Å². The lowest BCUT2D eigenvalue weighted by atomic mass is 9.95. The highest BCUT2D eigenvalue weighted by Gasteiger charge is 2.51. The van der Waals surface area contributed by atoms with E-state index in [0.717, 1.165) is 28.7 Å². The molecule has 4 nitrogen and oxygen atoms in total. The van der Waals surface area contributed by atoms with Crippen molar-refractivity contribution in [3.8, 4) is 0 Å². The summed E-state index contributed by atoms with van der Waals surface area (Å²) < 4.78 is 1.02. The first-order chi connectivity index (χ1) is 10.8. The zero-order valence-electron chi connectivity index (χ0n) is 13.6. The van der Waals surface area contributed by atoms with Crippen molar-refractivity contribution in [2.24, 2.45) is 0 Å². The summed E-state index contributed by atoms with van der Waals surface area (Å²) in [5.41, 5.74) is 1.21. The molecular formula is C18H20BrN3O. The van der Waals surface area contributed by atoms with Gasteiger partial charge in [0.1, 0.15) is 5.82 Å².